The molecule has 1 aromatic rings. The molecule has 182 valence electrons. The van der Waals surface area contributed by atoms with E-state index in [1.54, 1.807) is 34.6 Å². The summed E-state index contributed by atoms with van der Waals surface area (Å²) in [6.45, 7) is 9.21. The number of nitrogens with one attached hydrogen (secondary N) is 2. The number of fused-ring (bicyclic) bond motifs is 1. The Morgan fingerprint density at radius 3 is 2.45 bits per heavy atom. The van der Waals surface area contributed by atoms with Crippen LogP contribution in [-0.4, -0.2) is 48.4 Å². The second kappa shape index (κ2) is 8.81. The number of hydrogen-bond acceptors (Lipinski definition) is 6. The van der Waals surface area contributed by atoms with Crippen molar-refractivity contribution in [3.63, 3.8) is 0 Å². The van der Waals surface area contributed by atoms with Crippen molar-refractivity contribution in [2.45, 2.75) is 64.7 Å². The third-order valence-electron chi connectivity index (χ3n) is 6.46. The summed E-state index contributed by atoms with van der Waals surface area (Å²) < 4.78 is 31.7. The fourth-order valence-electron chi connectivity index (χ4n) is 4.90. The number of anilines is 1. The minimum atomic E-state index is -1.68. The Morgan fingerprint density at radius 2 is 1.91 bits per heavy atom. The van der Waals surface area contributed by atoms with Gasteiger partial charge in [-0.05, 0) is 12.1 Å². The number of amides is 3. The lowest BCUT2D eigenvalue weighted by Crippen LogP contribution is -2.69. The summed E-state index contributed by atoms with van der Waals surface area (Å²) in [6.07, 6.45) is -0.634. The maximum atomic E-state index is 14.6. The van der Waals surface area contributed by atoms with Gasteiger partial charge >= 0.3 is 6.09 Å². The van der Waals surface area contributed by atoms with Gasteiger partial charge in [0, 0.05) is 24.2 Å². The third-order valence-corrected chi connectivity index (χ3v) is 6.46. The molecule has 1 saturated heterocycles. The zero-order valence-electron chi connectivity index (χ0n) is 19.6. The molecule has 0 unspecified atom stereocenters. The summed E-state index contributed by atoms with van der Waals surface area (Å²) in [5.41, 5.74) is 1.69. The van der Waals surface area contributed by atoms with Crippen LogP contribution in [0.25, 0.3) is 0 Å². The Hall–Kier alpha value is -2.88. The number of ether oxygens (including phenoxy) is 3. The smallest absolute Gasteiger partial charge is 0.405 e. The van der Waals surface area contributed by atoms with Crippen molar-refractivity contribution in [3.8, 4) is 5.75 Å². The first-order chi connectivity index (χ1) is 15.3. The van der Waals surface area contributed by atoms with Crippen LogP contribution in [0.4, 0.5) is 14.9 Å². The van der Waals surface area contributed by atoms with Crippen LogP contribution in [0.2, 0.25) is 0 Å². The van der Waals surface area contributed by atoms with Gasteiger partial charge in [-0.25, -0.2) is 9.18 Å². The summed E-state index contributed by atoms with van der Waals surface area (Å²) in [4.78, 5) is 39.0. The lowest BCUT2D eigenvalue weighted by molar-refractivity contribution is -0.165. The molecule has 4 N–H and O–H groups in total. The van der Waals surface area contributed by atoms with Crippen molar-refractivity contribution in [3.05, 3.63) is 24.0 Å². The minimum Gasteiger partial charge on any atom is -0.479 e. The van der Waals surface area contributed by atoms with E-state index in [0.717, 1.165) is 0 Å². The molecule has 2 aliphatic heterocycles. The Morgan fingerprint density at radius 1 is 1.27 bits per heavy atom. The van der Waals surface area contributed by atoms with Gasteiger partial charge in [0.05, 0.1) is 18.9 Å². The fourth-order valence-corrected chi connectivity index (χ4v) is 4.90. The van der Waals surface area contributed by atoms with Crippen LogP contribution in [0.1, 0.15) is 47.5 Å². The van der Waals surface area contributed by atoms with E-state index in [9.17, 15) is 18.8 Å². The molecule has 10 heteroatoms. The summed E-state index contributed by atoms with van der Waals surface area (Å²) >= 11 is 0. The van der Waals surface area contributed by atoms with Gasteiger partial charge in [0.1, 0.15) is 11.6 Å². The molecule has 3 rings (SSSR count). The van der Waals surface area contributed by atoms with Crippen LogP contribution in [0.15, 0.2) is 18.2 Å². The van der Waals surface area contributed by atoms with Gasteiger partial charge in [0.25, 0.3) is 11.8 Å². The van der Waals surface area contributed by atoms with Crippen molar-refractivity contribution in [1.82, 2.24) is 5.32 Å². The second-order valence-corrected chi connectivity index (χ2v) is 9.85. The van der Waals surface area contributed by atoms with E-state index in [1.807, 2.05) is 0 Å². The molecule has 2 atom stereocenters. The molecular weight excluding hydrogens is 433 g/mol. The monoisotopic (exact) mass is 465 g/mol. The molecule has 2 heterocycles. The van der Waals surface area contributed by atoms with Gasteiger partial charge in [-0.15, -0.1) is 0 Å². The summed E-state index contributed by atoms with van der Waals surface area (Å²) in [7, 11) is 0. The first kappa shape index (κ1) is 24.8. The van der Waals surface area contributed by atoms with Crippen LogP contribution in [0.3, 0.4) is 0 Å². The number of primary amides is 1. The van der Waals surface area contributed by atoms with Crippen LogP contribution in [0, 0.1) is 17.2 Å². The summed E-state index contributed by atoms with van der Waals surface area (Å²) in [6, 6.07) is 3.01. The average molecular weight is 466 g/mol. The highest BCUT2D eigenvalue weighted by Crippen LogP contribution is 2.43. The number of carbonyl (C=O) groups excluding carboxylic acids is 3. The predicted octanol–water partition coefficient (Wildman–Crippen LogP) is 2.73. The van der Waals surface area contributed by atoms with E-state index in [-0.39, 0.29) is 37.5 Å². The number of nitrogens with two attached hydrogens (primary N) is 1. The molecular formula is C23H32FN3O6. The van der Waals surface area contributed by atoms with E-state index in [2.05, 4.69) is 10.6 Å². The zero-order chi connectivity index (χ0) is 24.6. The SMILES string of the molecule is CC(C)[C@@](OC(N)=O)(C(=O)N[C@@H]1C(=O)Nc2cccc(F)c2OC12CCOCC2)C(C)(C)C. The molecule has 1 fully saturated rings. The quantitative estimate of drug-likeness (QED) is 0.627. The van der Waals surface area contributed by atoms with Crippen molar-refractivity contribution < 1.29 is 33.0 Å². The van der Waals surface area contributed by atoms with Gasteiger partial charge in [0.2, 0.25) is 0 Å². The minimum absolute atomic E-state index is 0.0937. The summed E-state index contributed by atoms with van der Waals surface area (Å²) in [5.74, 6) is -2.47. The molecule has 0 aromatic heterocycles. The Bertz CT molecular complexity index is 939. The lowest BCUT2D eigenvalue weighted by Gasteiger charge is -2.47. The van der Waals surface area contributed by atoms with E-state index in [0.29, 0.717) is 0 Å². The normalized spacial score (nSPS) is 21.8. The van der Waals surface area contributed by atoms with E-state index < -0.39 is 52.3 Å². The standard InChI is InChI=1S/C23H32FN3O6/c1-13(2)23(21(3,4)5,33-20(25)30)19(29)27-17-18(28)26-15-8-6-7-14(24)16(15)32-22(17)9-11-31-12-10-22/h6-8,13,17H,9-12H2,1-5H3,(H2,25,30)(H,26,28)(H,27,29)/t17-,23-/m1/s1. The highest BCUT2D eigenvalue weighted by atomic mass is 19.1. The van der Waals surface area contributed by atoms with E-state index in [1.165, 1.54) is 18.2 Å². The predicted molar refractivity (Wildman–Crippen MR) is 118 cm³/mol. The van der Waals surface area contributed by atoms with Gasteiger partial charge in [-0.2, -0.15) is 0 Å². The Balaban J connectivity index is 2.07. The molecule has 1 spiro atoms. The molecule has 0 saturated carbocycles. The van der Waals surface area contributed by atoms with E-state index >= 15 is 0 Å². The fraction of sp³-hybridized carbons (Fsp3) is 0.609. The molecule has 33 heavy (non-hydrogen) atoms. The largest absolute Gasteiger partial charge is 0.479 e. The maximum Gasteiger partial charge on any atom is 0.405 e. The highest BCUT2D eigenvalue weighted by Gasteiger charge is 2.58. The zero-order valence-corrected chi connectivity index (χ0v) is 19.6. The number of carbonyl (C=O) groups is 3. The first-order valence-corrected chi connectivity index (χ1v) is 11.0. The molecule has 0 aliphatic carbocycles. The number of benzene rings is 1. The van der Waals surface area contributed by atoms with Crippen LogP contribution in [-0.2, 0) is 19.1 Å². The van der Waals surface area contributed by atoms with Gasteiger partial charge in [0.15, 0.2) is 17.2 Å². The van der Waals surface area contributed by atoms with Crippen LogP contribution < -0.4 is 21.1 Å². The van der Waals surface area contributed by atoms with Crippen molar-refractivity contribution in [2.24, 2.45) is 17.1 Å². The Labute approximate surface area is 192 Å². The molecule has 3 amide bonds. The maximum absolute atomic E-state index is 14.6. The molecule has 2 aliphatic rings. The highest BCUT2D eigenvalue weighted by molar-refractivity contribution is 6.01. The first-order valence-electron chi connectivity index (χ1n) is 11.0. The topological polar surface area (TPSA) is 129 Å². The third kappa shape index (κ3) is 4.36. The van der Waals surface area contributed by atoms with Crippen molar-refractivity contribution in [1.29, 1.82) is 0 Å². The molecule has 9 nitrogen and oxygen atoms in total. The van der Waals surface area contributed by atoms with Crippen LogP contribution >= 0.6 is 0 Å². The summed E-state index contributed by atoms with van der Waals surface area (Å²) in [5, 5.41) is 5.43. The van der Waals surface area contributed by atoms with Crippen molar-refractivity contribution >= 4 is 23.6 Å². The number of halogens is 1. The second-order valence-electron chi connectivity index (χ2n) is 9.85. The number of hydrogen-bond donors (Lipinski definition) is 3. The number of rotatable bonds is 4. The van der Waals surface area contributed by atoms with Gasteiger partial charge in [-0.3, -0.25) is 9.59 Å². The molecule has 0 radical (unpaired) electrons. The molecule has 1 aromatic carbocycles. The van der Waals surface area contributed by atoms with Crippen molar-refractivity contribution in [2.75, 3.05) is 18.5 Å². The molecule has 0 bridgehead atoms. The van der Waals surface area contributed by atoms with E-state index in [4.69, 9.17) is 19.9 Å². The van der Waals surface area contributed by atoms with Gasteiger partial charge < -0.3 is 30.6 Å². The number of para-hydroxylation sites is 1. The Kier molecular flexibility index (Phi) is 6.61. The average Bonchev–Trinajstić information content (AvgIpc) is 2.81. The van der Waals surface area contributed by atoms with Crippen LogP contribution in [0.5, 0.6) is 5.75 Å². The lowest BCUT2D eigenvalue weighted by atomic mass is 9.68. The van der Waals surface area contributed by atoms with Gasteiger partial charge in [-0.1, -0.05) is 40.7 Å².